The molecule has 0 aliphatic rings. The molecule has 4 nitrogen and oxygen atoms in total. The molecule has 0 unspecified atom stereocenters. The number of fused-ring (bicyclic) bond motifs is 2. The summed E-state index contributed by atoms with van der Waals surface area (Å²) in [5, 5.41) is 1.75. The number of carbonyl (C=O) groups excluding carboxylic acids is 1. The first kappa shape index (κ1) is 12.2. The van der Waals surface area contributed by atoms with E-state index in [-0.39, 0.29) is 0 Å². The van der Waals surface area contributed by atoms with E-state index in [0.29, 0.717) is 17.6 Å². The Kier molecular flexibility index (Phi) is 2.79. The number of aldehydes is 1. The van der Waals surface area contributed by atoms with Crippen LogP contribution in [0.15, 0.2) is 63.0 Å². The van der Waals surface area contributed by atoms with Crippen LogP contribution in [0.1, 0.15) is 10.6 Å². The summed E-state index contributed by atoms with van der Waals surface area (Å²) in [6.45, 7) is 0. The lowest BCUT2D eigenvalue weighted by molar-refractivity contribution is 0.110. The number of nitrogens with zero attached hydrogens (tertiary/aromatic N) is 1. The molecule has 0 saturated carbocycles. The van der Waals surface area contributed by atoms with Crippen molar-refractivity contribution in [1.29, 1.82) is 0 Å². The summed E-state index contributed by atoms with van der Waals surface area (Å²) in [5.74, 6) is 0.343. The molecular weight excluding hydrogens is 284 g/mol. The fraction of sp³-hybridized carbons (Fsp3) is 0. The van der Waals surface area contributed by atoms with E-state index < -0.39 is 0 Å². The fourth-order valence-corrected chi connectivity index (χ4v) is 3.07. The molecule has 0 aliphatic heterocycles. The van der Waals surface area contributed by atoms with Crippen LogP contribution in [0, 0.1) is 0 Å². The zero-order chi connectivity index (χ0) is 14.2. The number of aromatic nitrogens is 2. The molecule has 2 aromatic heterocycles. The van der Waals surface area contributed by atoms with E-state index in [1.807, 2.05) is 42.5 Å². The van der Waals surface area contributed by atoms with Crippen LogP contribution in [0.2, 0.25) is 0 Å². The first-order chi connectivity index (χ1) is 10.3. The van der Waals surface area contributed by atoms with E-state index in [9.17, 15) is 4.79 Å². The standard InChI is InChI=1S/C16H10N2O2S/c19-9-11-7-10-5-6-12(8-15(10)20-11)21-16-17-13-3-1-2-4-14(13)18-16/h1-9H,(H,17,18). The molecular formula is C16H10N2O2S. The van der Waals surface area contributed by atoms with Crippen LogP contribution in [0.3, 0.4) is 0 Å². The van der Waals surface area contributed by atoms with E-state index in [1.54, 1.807) is 6.07 Å². The van der Waals surface area contributed by atoms with Gasteiger partial charge in [-0.1, -0.05) is 23.9 Å². The van der Waals surface area contributed by atoms with Crippen LogP contribution in [0.5, 0.6) is 0 Å². The smallest absolute Gasteiger partial charge is 0.185 e. The molecule has 4 aromatic rings. The van der Waals surface area contributed by atoms with Crippen molar-refractivity contribution in [3.63, 3.8) is 0 Å². The highest BCUT2D eigenvalue weighted by atomic mass is 32.2. The maximum Gasteiger partial charge on any atom is 0.185 e. The third-order valence-electron chi connectivity index (χ3n) is 3.21. The molecule has 1 N–H and O–H groups in total. The number of carbonyl (C=O) groups is 1. The lowest BCUT2D eigenvalue weighted by Crippen LogP contribution is -1.75. The average Bonchev–Trinajstić information content (AvgIpc) is 3.09. The van der Waals surface area contributed by atoms with E-state index in [4.69, 9.17) is 4.42 Å². The molecule has 0 bridgehead atoms. The minimum absolute atomic E-state index is 0.343. The number of hydrogen-bond acceptors (Lipinski definition) is 4. The Morgan fingerprint density at radius 3 is 2.90 bits per heavy atom. The summed E-state index contributed by atoms with van der Waals surface area (Å²) in [6.07, 6.45) is 0.714. The highest BCUT2D eigenvalue weighted by molar-refractivity contribution is 7.99. The van der Waals surface area contributed by atoms with Crippen molar-refractivity contribution in [3.8, 4) is 0 Å². The van der Waals surface area contributed by atoms with Crippen molar-refractivity contribution < 1.29 is 9.21 Å². The summed E-state index contributed by atoms with van der Waals surface area (Å²) in [7, 11) is 0. The second-order valence-corrected chi connectivity index (χ2v) is 5.69. The molecule has 0 radical (unpaired) electrons. The van der Waals surface area contributed by atoms with Gasteiger partial charge in [-0.3, -0.25) is 4.79 Å². The van der Waals surface area contributed by atoms with Gasteiger partial charge in [0.25, 0.3) is 0 Å². The molecule has 4 rings (SSSR count). The van der Waals surface area contributed by atoms with E-state index >= 15 is 0 Å². The van der Waals surface area contributed by atoms with Crippen LogP contribution in [-0.2, 0) is 0 Å². The molecule has 5 heteroatoms. The summed E-state index contributed by atoms with van der Waals surface area (Å²) >= 11 is 1.53. The van der Waals surface area contributed by atoms with Gasteiger partial charge in [-0.05, 0) is 36.4 Å². The Balaban J connectivity index is 1.70. The Labute approximate surface area is 124 Å². The van der Waals surface area contributed by atoms with Gasteiger partial charge >= 0.3 is 0 Å². The highest BCUT2D eigenvalue weighted by Crippen LogP contribution is 2.30. The second kappa shape index (κ2) is 4.79. The number of H-pyrrole nitrogens is 1. The van der Waals surface area contributed by atoms with Gasteiger partial charge in [0, 0.05) is 10.3 Å². The van der Waals surface area contributed by atoms with Crippen molar-refractivity contribution in [3.05, 3.63) is 54.3 Å². The molecule has 0 atom stereocenters. The molecule has 0 spiro atoms. The van der Waals surface area contributed by atoms with Gasteiger partial charge in [0.1, 0.15) is 5.58 Å². The lowest BCUT2D eigenvalue weighted by atomic mass is 10.2. The molecule has 0 amide bonds. The fourth-order valence-electron chi connectivity index (χ4n) is 2.24. The summed E-state index contributed by atoms with van der Waals surface area (Å²) in [5.41, 5.74) is 2.67. The third kappa shape index (κ3) is 2.21. The molecule has 0 fully saturated rings. The van der Waals surface area contributed by atoms with Crippen molar-refractivity contribution in [1.82, 2.24) is 9.97 Å². The summed E-state index contributed by atoms with van der Waals surface area (Å²) in [6, 6.07) is 15.5. The number of furan rings is 1. The number of para-hydroxylation sites is 2. The Hall–Kier alpha value is -2.53. The zero-order valence-corrected chi connectivity index (χ0v) is 11.7. The Morgan fingerprint density at radius 1 is 1.14 bits per heavy atom. The van der Waals surface area contributed by atoms with Crippen LogP contribution in [0.25, 0.3) is 22.0 Å². The number of nitrogens with one attached hydrogen (secondary N) is 1. The number of benzene rings is 2. The second-order valence-electron chi connectivity index (χ2n) is 4.63. The number of aromatic amines is 1. The van der Waals surface area contributed by atoms with Crippen LogP contribution in [0.4, 0.5) is 0 Å². The van der Waals surface area contributed by atoms with Gasteiger partial charge < -0.3 is 9.40 Å². The van der Waals surface area contributed by atoms with E-state index in [2.05, 4.69) is 9.97 Å². The lowest BCUT2D eigenvalue weighted by Gasteiger charge is -1.97. The predicted molar refractivity (Wildman–Crippen MR) is 81.8 cm³/mol. The van der Waals surface area contributed by atoms with Gasteiger partial charge in [0.2, 0.25) is 0 Å². The molecule has 2 aromatic carbocycles. The normalized spacial score (nSPS) is 11.2. The van der Waals surface area contributed by atoms with Crippen molar-refractivity contribution in [2.45, 2.75) is 10.1 Å². The zero-order valence-electron chi connectivity index (χ0n) is 10.9. The molecule has 102 valence electrons. The van der Waals surface area contributed by atoms with Gasteiger partial charge in [-0.25, -0.2) is 4.98 Å². The van der Waals surface area contributed by atoms with Crippen molar-refractivity contribution >= 4 is 40.1 Å². The third-order valence-corrected chi connectivity index (χ3v) is 4.09. The predicted octanol–water partition coefficient (Wildman–Crippen LogP) is 4.27. The molecule has 0 aliphatic carbocycles. The molecule has 0 saturated heterocycles. The monoisotopic (exact) mass is 294 g/mol. The van der Waals surface area contributed by atoms with Gasteiger partial charge in [-0.2, -0.15) is 0 Å². The Morgan fingerprint density at radius 2 is 2.05 bits per heavy atom. The van der Waals surface area contributed by atoms with Gasteiger partial charge in [-0.15, -0.1) is 0 Å². The minimum atomic E-state index is 0.343. The first-order valence-electron chi connectivity index (χ1n) is 6.43. The minimum Gasteiger partial charge on any atom is -0.453 e. The largest absolute Gasteiger partial charge is 0.453 e. The number of imidazole rings is 1. The van der Waals surface area contributed by atoms with E-state index in [1.165, 1.54) is 11.8 Å². The average molecular weight is 294 g/mol. The topological polar surface area (TPSA) is 58.9 Å². The SMILES string of the molecule is O=Cc1cc2ccc(Sc3nc4ccccc4[nH]3)cc2o1. The molecule has 2 heterocycles. The van der Waals surface area contributed by atoms with Crippen LogP contribution >= 0.6 is 11.8 Å². The molecule has 21 heavy (non-hydrogen) atoms. The maximum atomic E-state index is 10.7. The maximum absolute atomic E-state index is 10.7. The van der Waals surface area contributed by atoms with Crippen LogP contribution < -0.4 is 0 Å². The van der Waals surface area contributed by atoms with Gasteiger partial charge in [0.15, 0.2) is 17.2 Å². The van der Waals surface area contributed by atoms with E-state index in [0.717, 1.165) is 26.5 Å². The summed E-state index contributed by atoms with van der Waals surface area (Å²) < 4.78 is 5.44. The van der Waals surface area contributed by atoms with Crippen molar-refractivity contribution in [2.75, 3.05) is 0 Å². The quantitative estimate of drug-likeness (QED) is 0.573. The number of rotatable bonds is 3. The number of hydrogen-bond donors (Lipinski definition) is 1. The summed E-state index contributed by atoms with van der Waals surface area (Å²) in [4.78, 5) is 19.5. The first-order valence-corrected chi connectivity index (χ1v) is 7.25. The highest BCUT2D eigenvalue weighted by Gasteiger charge is 2.07. The van der Waals surface area contributed by atoms with Gasteiger partial charge in [0.05, 0.1) is 11.0 Å². The Bertz CT molecular complexity index is 922. The van der Waals surface area contributed by atoms with Crippen molar-refractivity contribution in [2.24, 2.45) is 0 Å². The van der Waals surface area contributed by atoms with Crippen LogP contribution in [-0.4, -0.2) is 16.3 Å².